The van der Waals surface area contributed by atoms with Crippen molar-refractivity contribution in [1.29, 1.82) is 0 Å². The number of para-hydroxylation sites is 2. The van der Waals surface area contributed by atoms with Crippen LogP contribution in [-0.2, 0) is 9.47 Å². The van der Waals surface area contributed by atoms with Crippen LogP contribution in [0.2, 0.25) is 0 Å². The van der Waals surface area contributed by atoms with Crippen molar-refractivity contribution in [3.05, 3.63) is 121 Å². The van der Waals surface area contributed by atoms with Crippen LogP contribution in [0.15, 0.2) is 121 Å². The van der Waals surface area contributed by atoms with Crippen LogP contribution in [0.5, 0.6) is 0 Å². The fourth-order valence-electron chi connectivity index (χ4n) is 6.88. The zero-order valence-electron chi connectivity index (χ0n) is 28.5. The summed E-state index contributed by atoms with van der Waals surface area (Å²) in [5.74, 6) is 0. The molecule has 260 valence electrons. The van der Waals surface area contributed by atoms with Crippen molar-refractivity contribution in [3.8, 4) is 22.3 Å². The molecule has 2 unspecified atom stereocenters. The molecule has 3 N–H and O–H groups in total. The first-order valence-electron chi connectivity index (χ1n) is 17.8. The number of aliphatic hydroxyl groups excluding tert-OH is 1. The molecular weight excluding hydrogens is 626 g/mol. The normalized spacial score (nSPS) is 18.5. The molecular formula is C42H47N3O5. The number of nitrogens with one attached hydrogen (secondary N) is 2. The molecule has 8 nitrogen and oxygen atoms in total. The average Bonchev–Trinajstić information content (AvgIpc) is 3.37. The summed E-state index contributed by atoms with van der Waals surface area (Å²) in [6.07, 6.45) is 6.94. The van der Waals surface area contributed by atoms with Crippen LogP contribution >= 0.6 is 0 Å². The Kier molecular flexibility index (Phi) is 12.3. The number of nitrogens with zero attached hydrogens (tertiary/aromatic N) is 1. The van der Waals surface area contributed by atoms with E-state index in [1.807, 2.05) is 109 Å². The van der Waals surface area contributed by atoms with Gasteiger partial charge in [0.05, 0.1) is 17.5 Å². The van der Waals surface area contributed by atoms with Gasteiger partial charge in [-0.1, -0.05) is 109 Å². The number of ether oxygens (including phenoxy) is 2. The second-order valence-corrected chi connectivity index (χ2v) is 13.2. The molecule has 2 atom stereocenters. The van der Waals surface area contributed by atoms with Gasteiger partial charge in [-0.15, -0.1) is 0 Å². The van der Waals surface area contributed by atoms with E-state index < -0.39 is 18.3 Å². The standard InChI is InChI=1S/C42H47N3O5/c46-34(30-45-28-26-36(27-29-45)50-42(48)44-40-21-10-8-19-38(40)33-15-5-2-6-16-33)24-22-31-12-11-17-35(25-23-31)49-41(47)43-39-20-9-7-18-37(39)32-13-3-1-4-14-32/h1-10,13-16,18-22,34-36,46H,11-12,17,23-30H2,(H,43,47)(H,44,48)/b31-22-. The monoisotopic (exact) mass is 673 g/mol. The molecule has 0 spiro atoms. The van der Waals surface area contributed by atoms with Crippen molar-refractivity contribution in [2.24, 2.45) is 0 Å². The van der Waals surface area contributed by atoms with Gasteiger partial charge in [-0.05, 0) is 74.6 Å². The smallest absolute Gasteiger partial charge is 0.411 e. The number of piperidine rings is 1. The van der Waals surface area contributed by atoms with E-state index in [1.165, 1.54) is 5.57 Å². The third-order valence-corrected chi connectivity index (χ3v) is 9.54. The first-order chi connectivity index (χ1) is 24.5. The fraction of sp³-hybridized carbons (Fsp3) is 0.333. The maximum atomic E-state index is 12.9. The number of amides is 2. The Morgan fingerprint density at radius 1 is 0.680 bits per heavy atom. The number of rotatable bonds is 10. The molecule has 0 bridgehead atoms. The summed E-state index contributed by atoms with van der Waals surface area (Å²) >= 11 is 0. The highest BCUT2D eigenvalue weighted by molar-refractivity contribution is 5.92. The zero-order valence-corrected chi connectivity index (χ0v) is 28.5. The second-order valence-electron chi connectivity index (χ2n) is 13.2. The highest BCUT2D eigenvalue weighted by Gasteiger charge is 2.24. The summed E-state index contributed by atoms with van der Waals surface area (Å²) in [5.41, 5.74) is 6.74. The fourth-order valence-corrected chi connectivity index (χ4v) is 6.88. The Morgan fingerprint density at radius 3 is 1.74 bits per heavy atom. The molecule has 1 saturated carbocycles. The average molecular weight is 674 g/mol. The van der Waals surface area contributed by atoms with E-state index in [0.717, 1.165) is 91.7 Å². The van der Waals surface area contributed by atoms with E-state index in [1.54, 1.807) is 0 Å². The molecule has 4 aromatic rings. The summed E-state index contributed by atoms with van der Waals surface area (Å²) < 4.78 is 11.6. The Bertz CT molecular complexity index is 1720. The van der Waals surface area contributed by atoms with Crippen LogP contribution in [0.25, 0.3) is 22.3 Å². The molecule has 1 aliphatic carbocycles. The molecule has 2 amide bonds. The first-order valence-corrected chi connectivity index (χ1v) is 17.8. The van der Waals surface area contributed by atoms with E-state index in [0.29, 0.717) is 13.0 Å². The molecule has 50 heavy (non-hydrogen) atoms. The number of benzene rings is 4. The Labute approximate surface area is 295 Å². The SMILES string of the molecule is O=C(Nc1ccccc1-c1ccccc1)OC1CCC/C(=C/CC(O)CN2CCC(OC(=O)Nc3ccccc3-c3ccccc3)CC2)CC1. The van der Waals surface area contributed by atoms with Crippen LogP contribution in [0, 0.1) is 0 Å². The maximum Gasteiger partial charge on any atom is 0.411 e. The van der Waals surface area contributed by atoms with Crippen molar-refractivity contribution in [3.63, 3.8) is 0 Å². The quantitative estimate of drug-likeness (QED) is 0.115. The lowest BCUT2D eigenvalue weighted by atomic mass is 10.0. The van der Waals surface area contributed by atoms with Gasteiger partial charge in [-0.3, -0.25) is 10.6 Å². The number of carbonyl (C=O) groups is 2. The number of allylic oxidation sites excluding steroid dienone is 1. The van der Waals surface area contributed by atoms with Crippen LogP contribution in [0.4, 0.5) is 21.0 Å². The molecule has 1 saturated heterocycles. The van der Waals surface area contributed by atoms with Gasteiger partial charge in [0, 0.05) is 30.8 Å². The van der Waals surface area contributed by atoms with E-state index in [9.17, 15) is 14.7 Å². The molecule has 2 fully saturated rings. The summed E-state index contributed by atoms with van der Waals surface area (Å²) in [6.45, 7) is 2.12. The summed E-state index contributed by atoms with van der Waals surface area (Å²) in [6, 6.07) is 35.4. The van der Waals surface area contributed by atoms with Gasteiger partial charge in [-0.25, -0.2) is 9.59 Å². The van der Waals surface area contributed by atoms with Crippen LogP contribution in [0.3, 0.4) is 0 Å². The number of hydrogen-bond donors (Lipinski definition) is 3. The topological polar surface area (TPSA) is 100 Å². The number of anilines is 2. The van der Waals surface area contributed by atoms with Gasteiger partial charge in [0.25, 0.3) is 0 Å². The van der Waals surface area contributed by atoms with Crippen molar-refractivity contribution >= 4 is 23.6 Å². The minimum Gasteiger partial charge on any atom is -0.446 e. The number of carbonyl (C=O) groups excluding carboxylic acids is 2. The third-order valence-electron chi connectivity index (χ3n) is 9.54. The Hall–Kier alpha value is -4.92. The predicted octanol–water partition coefficient (Wildman–Crippen LogP) is 9.29. The number of likely N-dealkylation sites (tertiary alicyclic amines) is 1. The van der Waals surface area contributed by atoms with E-state index in [2.05, 4.69) is 21.6 Å². The van der Waals surface area contributed by atoms with Crippen LogP contribution < -0.4 is 10.6 Å². The molecule has 1 aliphatic heterocycles. The van der Waals surface area contributed by atoms with E-state index in [4.69, 9.17) is 9.47 Å². The second kappa shape index (κ2) is 17.7. The lowest BCUT2D eigenvalue weighted by Crippen LogP contribution is -2.41. The van der Waals surface area contributed by atoms with Crippen LogP contribution in [0.1, 0.15) is 51.4 Å². The molecule has 1 heterocycles. The van der Waals surface area contributed by atoms with Gasteiger partial charge >= 0.3 is 12.2 Å². The summed E-state index contributed by atoms with van der Waals surface area (Å²) in [4.78, 5) is 27.9. The van der Waals surface area contributed by atoms with Gasteiger partial charge < -0.3 is 19.5 Å². The molecule has 0 radical (unpaired) electrons. The number of hydrogen-bond acceptors (Lipinski definition) is 6. The lowest BCUT2D eigenvalue weighted by Gasteiger charge is -2.32. The van der Waals surface area contributed by atoms with Gasteiger partial charge in [-0.2, -0.15) is 0 Å². The Balaban J connectivity index is 0.896. The van der Waals surface area contributed by atoms with Crippen molar-refractivity contribution < 1.29 is 24.2 Å². The van der Waals surface area contributed by atoms with Crippen LogP contribution in [-0.4, -0.2) is 60.1 Å². The van der Waals surface area contributed by atoms with Crippen molar-refractivity contribution in [2.45, 2.75) is 69.7 Å². The highest BCUT2D eigenvalue weighted by atomic mass is 16.6. The predicted molar refractivity (Wildman–Crippen MR) is 199 cm³/mol. The van der Waals surface area contributed by atoms with Crippen molar-refractivity contribution in [2.75, 3.05) is 30.3 Å². The van der Waals surface area contributed by atoms with E-state index in [-0.39, 0.29) is 12.2 Å². The van der Waals surface area contributed by atoms with Gasteiger partial charge in [0.15, 0.2) is 0 Å². The largest absolute Gasteiger partial charge is 0.446 e. The molecule has 2 aliphatic rings. The number of aliphatic hydroxyl groups is 1. The molecule has 4 aromatic carbocycles. The molecule has 6 rings (SSSR count). The maximum absolute atomic E-state index is 12.9. The number of β-amino-alcohol motifs (C(OH)–C–C–N with tert-alkyl or cyclic N) is 1. The highest BCUT2D eigenvalue weighted by Crippen LogP contribution is 2.30. The van der Waals surface area contributed by atoms with Crippen molar-refractivity contribution in [1.82, 2.24) is 4.90 Å². The molecule has 8 heteroatoms. The lowest BCUT2D eigenvalue weighted by molar-refractivity contribution is 0.0397. The third kappa shape index (κ3) is 10.1. The Morgan fingerprint density at radius 2 is 1.18 bits per heavy atom. The first kappa shape index (κ1) is 34.9. The van der Waals surface area contributed by atoms with Gasteiger partial charge in [0.1, 0.15) is 12.2 Å². The zero-order chi connectivity index (χ0) is 34.5. The minimum absolute atomic E-state index is 0.140. The minimum atomic E-state index is -0.469. The van der Waals surface area contributed by atoms with E-state index >= 15 is 0 Å². The summed E-state index contributed by atoms with van der Waals surface area (Å²) in [7, 11) is 0. The van der Waals surface area contributed by atoms with Gasteiger partial charge in [0.2, 0.25) is 0 Å². The molecule has 0 aromatic heterocycles. The summed E-state index contributed by atoms with van der Waals surface area (Å²) in [5, 5.41) is 16.7.